The Morgan fingerprint density at radius 3 is 2.24 bits per heavy atom. The van der Waals surface area contributed by atoms with Crippen LogP contribution >= 0.6 is 0 Å². The van der Waals surface area contributed by atoms with Crippen molar-refractivity contribution in [1.29, 1.82) is 0 Å². The summed E-state index contributed by atoms with van der Waals surface area (Å²) in [6.07, 6.45) is 0. The van der Waals surface area contributed by atoms with Gasteiger partial charge < -0.3 is 10.1 Å². The van der Waals surface area contributed by atoms with E-state index in [-0.39, 0.29) is 24.0 Å². The van der Waals surface area contributed by atoms with Gasteiger partial charge in [0.25, 0.3) is 5.91 Å². The molecule has 0 aromatic heterocycles. The summed E-state index contributed by atoms with van der Waals surface area (Å²) in [7, 11) is 0. The number of carbonyl (C=O) groups excluding carboxylic acids is 1. The van der Waals surface area contributed by atoms with E-state index in [4.69, 9.17) is 0 Å². The van der Waals surface area contributed by atoms with Crippen LogP contribution in [0.25, 0.3) is 0 Å². The maximum absolute atomic E-state index is 12.7. The van der Waals surface area contributed by atoms with E-state index in [2.05, 4.69) is 10.1 Å². The fraction of sp³-hybridized carbons (Fsp3) is 0.133. The lowest BCUT2D eigenvalue weighted by molar-refractivity contribution is -0.0498. The van der Waals surface area contributed by atoms with Crippen molar-refractivity contribution in [2.24, 2.45) is 0 Å². The molecule has 0 unspecified atom stereocenters. The van der Waals surface area contributed by atoms with E-state index < -0.39 is 6.61 Å². The number of ether oxygens (including phenoxy) is 1. The van der Waals surface area contributed by atoms with Gasteiger partial charge in [-0.1, -0.05) is 12.1 Å². The van der Waals surface area contributed by atoms with Crippen LogP contribution in [0, 0.1) is 5.82 Å². The largest absolute Gasteiger partial charge is 0.435 e. The molecule has 2 aromatic rings. The number of rotatable bonds is 5. The first-order chi connectivity index (χ1) is 10.0. The molecular weight excluding hydrogens is 283 g/mol. The fourth-order valence-electron chi connectivity index (χ4n) is 1.67. The van der Waals surface area contributed by atoms with Gasteiger partial charge in [0, 0.05) is 12.1 Å². The Balaban J connectivity index is 1.92. The van der Waals surface area contributed by atoms with E-state index in [1.807, 2.05) is 0 Å². The minimum absolute atomic E-state index is 0.0138. The van der Waals surface area contributed by atoms with Gasteiger partial charge in [-0.05, 0) is 42.0 Å². The first-order valence-electron chi connectivity index (χ1n) is 6.12. The summed E-state index contributed by atoms with van der Waals surface area (Å²) in [4.78, 5) is 11.8. The molecule has 0 saturated heterocycles. The van der Waals surface area contributed by atoms with Crippen LogP contribution in [0.4, 0.5) is 13.2 Å². The van der Waals surface area contributed by atoms with E-state index in [9.17, 15) is 18.0 Å². The minimum Gasteiger partial charge on any atom is -0.435 e. The van der Waals surface area contributed by atoms with Crippen LogP contribution in [0.2, 0.25) is 0 Å². The Bertz CT molecular complexity index is 597. The average molecular weight is 295 g/mol. The van der Waals surface area contributed by atoms with E-state index in [1.54, 1.807) is 12.1 Å². The van der Waals surface area contributed by atoms with Gasteiger partial charge >= 0.3 is 6.61 Å². The smallest absolute Gasteiger partial charge is 0.387 e. The van der Waals surface area contributed by atoms with E-state index >= 15 is 0 Å². The van der Waals surface area contributed by atoms with Crippen LogP contribution in [0.1, 0.15) is 15.9 Å². The Kier molecular flexibility index (Phi) is 4.81. The molecule has 1 N–H and O–H groups in total. The Hall–Kier alpha value is -2.50. The third-order valence-corrected chi connectivity index (χ3v) is 2.71. The molecule has 0 radical (unpaired) electrons. The predicted octanol–water partition coefficient (Wildman–Crippen LogP) is 3.36. The van der Waals surface area contributed by atoms with E-state index in [0.717, 1.165) is 5.56 Å². The van der Waals surface area contributed by atoms with Crippen molar-refractivity contribution in [2.75, 3.05) is 0 Å². The zero-order valence-corrected chi connectivity index (χ0v) is 10.9. The van der Waals surface area contributed by atoms with Gasteiger partial charge in [-0.25, -0.2) is 4.39 Å². The van der Waals surface area contributed by atoms with Gasteiger partial charge in [0.1, 0.15) is 11.6 Å². The maximum atomic E-state index is 12.7. The summed E-state index contributed by atoms with van der Waals surface area (Å²) >= 11 is 0. The molecule has 1 amide bonds. The number of hydrogen-bond donors (Lipinski definition) is 1. The molecule has 3 nitrogen and oxygen atoms in total. The molecule has 21 heavy (non-hydrogen) atoms. The summed E-state index contributed by atoms with van der Waals surface area (Å²) in [6.45, 7) is -2.66. The van der Waals surface area contributed by atoms with E-state index in [1.165, 1.54) is 36.4 Å². The van der Waals surface area contributed by atoms with Crippen LogP contribution in [-0.4, -0.2) is 12.5 Å². The number of amides is 1. The van der Waals surface area contributed by atoms with Crippen molar-refractivity contribution in [3.05, 3.63) is 65.5 Å². The third-order valence-electron chi connectivity index (χ3n) is 2.71. The molecule has 6 heteroatoms. The summed E-state index contributed by atoms with van der Waals surface area (Å²) < 4.78 is 40.9. The van der Waals surface area contributed by atoms with Gasteiger partial charge in [0.2, 0.25) is 0 Å². The van der Waals surface area contributed by atoms with Gasteiger partial charge in [-0.15, -0.1) is 0 Å². The monoisotopic (exact) mass is 295 g/mol. The number of halogens is 3. The third kappa shape index (κ3) is 4.52. The first kappa shape index (κ1) is 14.9. The number of carbonyl (C=O) groups is 1. The van der Waals surface area contributed by atoms with Gasteiger partial charge in [0.05, 0.1) is 0 Å². The van der Waals surface area contributed by atoms with Crippen LogP contribution in [0.3, 0.4) is 0 Å². The molecule has 110 valence electrons. The highest BCUT2D eigenvalue weighted by Crippen LogP contribution is 2.15. The molecule has 0 atom stereocenters. The number of hydrogen-bond acceptors (Lipinski definition) is 2. The molecule has 0 spiro atoms. The standard InChI is InChI=1S/C15H12F3NO2/c16-12-5-1-10(2-6-12)9-19-14(20)11-3-7-13(8-4-11)21-15(17)18/h1-8,15H,9H2,(H,19,20). The van der Waals surface area contributed by atoms with Crippen LogP contribution in [-0.2, 0) is 6.54 Å². The zero-order chi connectivity index (χ0) is 15.2. The van der Waals surface area contributed by atoms with Gasteiger partial charge in [-0.3, -0.25) is 4.79 Å². The minimum atomic E-state index is -2.90. The lowest BCUT2D eigenvalue weighted by atomic mass is 10.2. The fourth-order valence-corrected chi connectivity index (χ4v) is 1.67. The summed E-state index contributed by atoms with van der Waals surface area (Å²) in [5.74, 6) is -0.720. The quantitative estimate of drug-likeness (QED) is 0.918. The van der Waals surface area contributed by atoms with Gasteiger partial charge in [-0.2, -0.15) is 8.78 Å². The topological polar surface area (TPSA) is 38.3 Å². The highest BCUT2D eigenvalue weighted by atomic mass is 19.3. The van der Waals surface area contributed by atoms with Crippen molar-refractivity contribution in [3.63, 3.8) is 0 Å². The SMILES string of the molecule is O=C(NCc1ccc(F)cc1)c1ccc(OC(F)F)cc1. The van der Waals surface area contributed by atoms with Crippen LogP contribution in [0.15, 0.2) is 48.5 Å². The second-order valence-corrected chi connectivity index (χ2v) is 4.21. The van der Waals surface area contributed by atoms with Crippen molar-refractivity contribution < 1.29 is 22.7 Å². The Morgan fingerprint density at radius 2 is 1.67 bits per heavy atom. The second kappa shape index (κ2) is 6.78. The van der Waals surface area contributed by atoms with Crippen molar-refractivity contribution in [3.8, 4) is 5.75 Å². The first-order valence-corrected chi connectivity index (χ1v) is 6.12. The highest BCUT2D eigenvalue weighted by Gasteiger charge is 2.08. The molecule has 2 aromatic carbocycles. The molecule has 0 bridgehead atoms. The van der Waals surface area contributed by atoms with Crippen molar-refractivity contribution >= 4 is 5.91 Å². The molecule has 0 fully saturated rings. The molecule has 0 saturated carbocycles. The summed E-state index contributed by atoms with van der Waals surface area (Å²) in [6, 6.07) is 11.1. The summed E-state index contributed by atoms with van der Waals surface area (Å²) in [5, 5.41) is 2.64. The molecular formula is C15H12F3NO2. The normalized spacial score (nSPS) is 10.5. The second-order valence-electron chi connectivity index (χ2n) is 4.21. The molecule has 0 aliphatic rings. The van der Waals surface area contributed by atoms with E-state index in [0.29, 0.717) is 5.56 Å². The number of benzene rings is 2. The van der Waals surface area contributed by atoms with Crippen LogP contribution in [0.5, 0.6) is 5.75 Å². The van der Waals surface area contributed by atoms with Gasteiger partial charge in [0.15, 0.2) is 0 Å². The maximum Gasteiger partial charge on any atom is 0.387 e. The summed E-state index contributed by atoms with van der Waals surface area (Å²) in [5.41, 5.74) is 1.07. The molecule has 0 heterocycles. The Labute approximate surface area is 119 Å². The lowest BCUT2D eigenvalue weighted by Crippen LogP contribution is -2.22. The average Bonchev–Trinajstić information content (AvgIpc) is 2.46. The van der Waals surface area contributed by atoms with Crippen LogP contribution < -0.4 is 10.1 Å². The molecule has 2 rings (SSSR count). The molecule has 0 aliphatic carbocycles. The number of nitrogens with one attached hydrogen (secondary N) is 1. The highest BCUT2D eigenvalue weighted by molar-refractivity contribution is 5.94. The van der Waals surface area contributed by atoms with Crippen molar-refractivity contribution in [1.82, 2.24) is 5.32 Å². The Morgan fingerprint density at radius 1 is 1.05 bits per heavy atom. The zero-order valence-electron chi connectivity index (χ0n) is 10.9. The molecule has 0 aliphatic heterocycles. The predicted molar refractivity (Wildman–Crippen MR) is 70.6 cm³/mol. The number of alkyl halides is 2. The van der Waals surface area contributed by atoms with Crippen molar-refractivity contribution in [2.45, 2.75) is 13.2 Å². The lowest BCUT2D eigenvalue weighted by Gasteiger charge is -2.07.